The monoisotopic (exact) mass is 225 g/mol. The fraction of sp³-hybridized carbons (Fsp3) is 0.333. The smallest absolute Gasteiger partial charge is 0.231 e. The van der Waals surface area contributed by atoms with Gasteiger partial charge in [0.25, 0.3) is 0 Å². The Balaban J connectivity index is 2.41. The van der Waals surface area contributed by atoms with E-state index in [0.717, 1.165) is 11.2 Å². The topological polar surface area (TPSA) is 13.1 Å². The summed E-state index contributed by atoms with van der Waals surface area (Å²) in [7, 11) is 1.98. The van der Waals surface area contributed by atoms with Crippen molar-refractivity contribution in [3.63, 3.8) is 0 Å². The predicted molar refractivity (Wildman–Crippen MR) is 75.1 cm³/mol. The molecule has 0 spiro atoms. The third-order valence-corrected chi connectivity index (χ3v) is 2.85. The lowest BCUT2D eigenvalue weighted by atomic mass is 9.75. The molecule has 0 atom stereocenters. The quantitative estimate of drug-likeness (QED) is 0.712. The van der Waals surface area contributed by atoms with Crippen LogP contribution in [0.3, 0.4) is 0 Å². The summed E-state index contributed by atoms with van der Waals surface area (Å²) in [6.07, 6.45) is 1.99. The van der Waals surface area contributed by atoms with Crippen LogP contribution < -0.4 is 5.66 Å². The molecule has 1 aromatic carbocycles. The lowest BCUT2D eigenvalue weighted by Gasteiger charge is -2.18. The largest absolute Gasteiger partial charge is 0.472 e. The van der Waals surface area contributed by atoms with Crippen molar-refractivity contribution < 1.29 is 4.42 Å². The van der Waals surface area contributed by atoms with Crippen LogP contribution in [0, 0.1) is 0 Å². The highest BCUT2D eigenvalue weighted by Crippen LogP contribution is 2.25. The Morgan fingerprint density at radius 1 is 1.18 bits per heavy atom. The molecule has 0 aliphatic rings. The molecule has 0 saturated heterocycles. The first kappa shape index (κ1) is 12.0. The summed E-state index contributed by atoms with van der Waals surface area (Å²) >= 11 is 0. The van der Waals surface area contributed by atoms with Crippen molar-refractivity contribution in [2.75, 3.05) is 0 Å². The van der Waals surface area contributed by atoms with Crippen LogP contribution in [-0.2, 0) is 5.41 Å². The molecule has 2 aromatic rings. The zero-order valence-electron chi connectivity index (χ0n) is 10.9. The first-order chi connectivity index (χ1) is 8.00. The maximum absolute atomic E-state index is 5.73. The Hall–Kier alpha value is -1.44. The fourth-order valence-electron chi connectivity index (χ4n) is 1.80. The fourth-order valence-corrected chi connectivity index (χ4v) is 1.80. The third-order valence-electron chi connectivity index (χ3n) is 2.85. The zero-order chi connectivity index (χ0) is 12.5. The SMILES string of the molecule is C/C=C/[B]c1cc2cc(C(C)(C)C)ccc2o1. The molecule has 0 N–H and O–H groups in total. The second-order valence-electron chi connectivity index (χ2n) is 5.34. The van der Waals surface area contributed by atoms with Crippen molar-refractivity contribution in [3.05, 3.63) is 41.9 Å². The van der Waals surface area contributed by atoms with Crippen LogP contribution >= 0.6 is 0 Å². The van der Waals surface area contributed by atoms with E-state index < -0.39 is 0 Å². The summed E-state index contributed by atoms with van der Waals surface area (Å²) in [6.45, 7) is 8.67. The van der Waals surface area contributed by atoms with Gasteiger partial charge in [-0.05, 0) is 36.1 Å². The molecule has 0 saturated carbocycles. The molecule has 0 fully saturated rings. The lowest BCUT2D eigenvalue weighted by Crippen LogP contribution is -2.10. The minimum Gasteiger partial charge on any atom is -0.472 e. The van der Waals surface area contributed by atoms with Crippen LogP contribution in [0.1, 0.15) is 33.3 Å². The van der Waals surface area contributed by atoms with Crippen molar-refractivity contribution >= 4 is 23.9 Å². The Morgan fingerprint density at radius 2 is 1.94 bits per heavy atom. The van der Waals surface area contributed by atoms with Crippen LogP contribution in [0.25, 0.3) is 11.0 Å². The van der Waals surface area contributed by atoms with Crippen molar-refractivity contribution in [2.45, 2.75) is 33.1 Å². The molecule has 0 unspecified atom stereocenters. The molecule has 0 aliphatic heterocycles. The van der Waals surface area contributed by atoms with E-state index in [4.69, 9.17) is 4.42 Å². The van der Waals surface area contributed by atoms with E-state index in [1.54, 1.807) is 0 Å². The normalized spacial score (nSPS) is 12.5. The predicted octanol–water partition coefficient (Wildman–Crippen LogP) is 3.59. The van der Waals surface area contributed by atoms with E-state index in [1.807, 2.05) is 26.3 Å². The van der Waals surface area contributed by atoms with Crippen molar-refractivity contribution in [1.29, 1.82) is 0 Å². The minimum absolute atomic E-state index is 0.179. The van der Waals surface area contributed by atoms with Crippen LogP contribution in [-0.4, -0.2) is 7.28 Å². The van der Waals surface area contributed by atoms with Gasteiger partial charge >= 0.3 is 0 Å². The number of rotatable bonds is 2. The lowest BCUT2D eigenvalue weighted by molar-refractivity contribution is 0.590. The van der Waals surface area contributed by atoms with Crippen molar-refractivity contribution in [3.8, 4) is 0 Å². The number of hydrogen-bond acceptors (Lipinski definition) is 1. The van der Waals surface area contributed by atoms with Gasteiger partial charge in [0.15, 0.2) is 0 Å². The molecule has 0 bridgehead atoms. The Morgan fingerprint density at radius 3 is 2.59 bits per heavy atom. The third kappa shape index (κ3) is 2.63. The molecule has 1 heterocycles. The van der Waals surface area contributed by atoms with E-state index in [1.165, 1.54) is 10.9 Å². The van der Waals surface area contributed by atoms with Crippen molar-refractivity contribution in [2.24, 2.45) is 0 Å². The van der Waals surface area contributed by atoms with Crippen LogP contribution in [0.15, 0.2) is 40.7 Å². The molecule has 87 valence electrons. The van der Waals surface area contributed by atoms with Crippen LogP contribution in [0.5, 0.6) is 0 Å². The van der Waals surface area contributed by atoms with Gasteiger partial charge in [-0.1, -0.05) is 26.8 Å². The van der Waals surface area contributed by atoms with E-state index in [-0.39, 0.29) is 5.41 Å². The van der Waals surface area contributed by atoms with Gasteiger partial charge in [0.1, 0.15) is 5.58 Å². The zero-order valence-corrected chi connectivity index (χ0v) is 10.9. The van der Waals surface area contributed by atoms with Gasteiger partial charge in [0, 0.05) is 5.39 Å². The Kier molecular flexibility index (Phi) is 3.14. The van der Waals surface area contributed by atoms with Crippen LogP contribution in [0.2, 0.25) is 0 Å². The maximum atomic E-state index is 5.73. The molecule has 17 heavy (non-hydrogen) atoms. The standard InChI is InChI=1S/C15H18BO/c1-5-8-16-14-10-11-9-12(15(2,3)4)6-7-13(11)17-14/h5-10H,1-4H3/b8-5+. The number of allylic oxidation sites excluding steroid dienone is 1. The molecule has 2 rings (SSSR count). The Labute approximate surface area is 104 Å². The van der Waals surface area contributed by atoms with Gasteiger partial charge in [0.2, 0.25) is 7.28 Å². The molecule has 0 aliphatic carbocycles. The second-order valence-corrected chi connectivity index (χ2v) is 5.34. The minimum atomic E-state index is 0.179. The molecule has 1 aromatic heterocycles. The number of benzene rings is 1. The van der Waals surface area contributed by atoms with E-state index >= 15 is 0 Å². The summed E-state index contributed by atoms with van der Waals surface area (Å²) in [6, 6.07) is 8.50. The molecule has 0 amide bonds. The van der Waals surface area contributed by atoms with Gasteiger partial charge in [-0.3, -0.25) is 0 Å². The average molecular weight is 225 g/mol. The van der Waals surface area contributed by atoms with Gasteiger partial charge in [-0.2, -0.15) is 0 Å². The molecular weight excluding hydrogens is 207 g/mol. The highest BCUT2D eigenvalue weighted by atomic mass is 16.3. The number of hydrogen-bond donors (Lipinski definition) is 0. The van der Waals surface area contributed by atoms with Gasteiger partial charge in [-0.25, -0.2) is 0 Å². The summed E-state index contributed by atoms with van der Waals surface area (Å²) < 4.78 is 5.73. The first-order valence-corrected chi connectivity index (χ1v) is 6.01. The van der Waals surface area contributed by atoms with E-state index in [0.29, 0.717) is 0 Å². The summed E-state index contributed by atoms with van der Waals surface area (Å²) in [5.41, 5.74) is 3.37. The number of fused-ring (bicyclic) bond motifs is 1. The number of furan rings is 1. The second kappa shape index (κ2) is 4.44. The molecule has 1 nitrogen and oxygen atoms in total. The van der Waals surface area contributed by atoms with Crippen LogP contribution in [0.4, 0.5) is 0 Å². The maximum Gasteiger partial charge on any atom is 0.231 e. The molecule has 2 heteroatoms. The Bertz CT molecular complexity index is 544. The first-order valence-electron chi connectivity index (χ1n) is 6.01. The summed E-state index contributed by atoms with van der Waals surface area (Å²) in [5.74, 6) is 1.99. The van der Waals surface area contributed by atoms with E-state index in [9.17, 15) is 0 Å². The summed E-state index contributed by atoms with van der Waals surface area (Å²) in [4.78, 5) is 0. The van der Waals surface area contributed by atoms with Gasteiger partial charge in [0.05, 0.1) is 5.66 Å². The van der Waals surface area contributed by atoms with E-state index in [2.05, 4.69) is 45.0 Å². The molecule has 1 radical (unpaired) electrons. The molecular formula is C15H18BO. The summed E-state index contributed by atoms with van der Waals surface area (Å²) in [5, 5.41) is 1.17. The van der Waals surface area contributed by atoms with Gasteiger partial charge in [-0.15, -0.1) is 12.1 Å². The van der Waals surface area contributed by atoms with Gasteiger partial charge < -0.3 is 4.42 Å². The average Bonchev–Trinajstić information content (AvgIpc) is 2.66. The highest BCUT2D eigenvalue weighted by Gasteiger charge is 2.14. The highest BCUT2D eigenvalue weighted by molar-refractivity contribution is 6.57. The van der Waals surface area contributed by atoms with Crippen molar-refractivity contribution in [1.82, 2.24) is 0 Å².